The zero-order valence-electron chi connectivity index (χ0n) is 73.1. The third-order valence-corrected chi connectivity index (χ3v) is 22.7. The molecule has 0 aromatic heterocycles. The van der Waals surface area contributed by atoms with Crippen molar-refractivity contribution in [2.45, 2.75) is 285 Å². The van der Waals surface area contributed by atoms with Crippen LogP contribution in [0, 0.1) is 45.3 Å². The van der Waals surface area contributed by atoms with E-state index in [0.717, 1.165) is 0 Å². The predicted octanol–water partition coefficient (Wildman–Crippen LogP) is 3.08. The maximum Gasteiger partial charge on any atom is 1.00 e. The Balaban J connectivity index is -0.000000325. The molecule has 13 N–H and O–H groups in total. The molecular formula is C71H140N6NaO32S6+. The third-order valence-electron chi connectivity index (χ3n) is 15.6. The van der Waals surface area contributed by atoms with Crippen molar-refractivity contribution in [1.82, 2.24) is 21.0 Å². The fraction of sp³-hybridized carbons (Fsp3) is 0.873. The quantitative estimate of drug-likeness (QED) is 0.00837. The van der Waals surface area contributed by atoms with Gasteiger partial charge in [-0.05, 0) is 141 Å². The smallest absolute Gasteiger partial charge is 0.457 e. The number of hydrogen-bond acceptors (Lipinski definition) is 33. The summed E-state index contributed by atoms with van der Waals surface area (Å²) < 4.78 is 169. The minimum atomic E-state index is -4.19. The van der Waals surface area contributed by atoms with Crippen molar-refractivity contribution in [3.05, 3.63) is 0 Å². The first-order valence-electron chi connectivity index (χ1n) is 37.2. The Morgan fingerprint density at radius 3 is 1.10 bits per heavy atom. The number of hydrogen-bond donors (Lipinski definition) is 8. The Morgan fingerprint density at radius 1 is 0.517 bits per heavy atom. The first-order valence-corrected chi connectivity index (χ1v) is 46.4. The minimum Gasteiger partial charge on any atom is -0.457 e. The number of ether oxygens (including phenoxy) is 3. The summed E-state index contributed by atoms with van der Waals surface area (Å²) in [5.74, 6) is -4.91. The number of nitrogens with zero attached hydrogens (tertiary/aromatic N) is 1. The van der Waals surface area contributed by atoms with E-state index in [1.54, 1.807) is 104 Å². The molecule has 0 spiro atoms. The summed E-state index contributed by atoms with van der Waals surface area (Å²) in [7, 11) is -21.8. The molecule has 0 saturated carbocycles. The topological polar surface area (TPSA) is 608 Å². The molecule has 0 unspecified atom stereocenters. The molecule has 45 heteroatoms. The van der Waals surface area contributed by atoms with Crippen molar-refractivity contribution in [2.24, 2.45) is 56.8 Å². The van der Waals surface area contributed by atoms with E-state index >= 15 is 0 Å². The summed E-state index contributed by atoms with van der Waals surface area (Å²) in [5, 5.41) is 25.8. The van der Waals surface area contributed by atoms with Gasteiger partial charge in [0, 0.05) is 50.7 Å². The van der Waals surface area contributed by atoms with Crippen LogP contribution in [-0.4, -0.2) is 224 Å². The van der Waals surface area contributed by atoms with Gasteiger partial charge in [-0.1, -0.05) is 134 Å². The molecule has 2 rings (SSSR count). The average molecular weight is 1810 g/mol. The van der Waals surface area contributed by atoms with Gasteiger partial charge in [0.1, 0.15) is 28.6 Å². The minimum absolute atomic E-state index is 0. The summed E-state index contributed by atoms with van der Waals surface area (Å²) >= 11 is 0. The Kier molecular flexibility index (Phi) is 57.4. The molecule has 2 aliphatic rings. The number of carbonyl (C=O) groups is 9. The van der Waals surface area contributed by atoms with Gasteiger partial charge in [-0.15, -0.1) is 8.69 Å². The average Bonchev–Trinajstić information content (AvgIpc) is 1.51. The summed E-state index contributed by atoms with van der Waals surface area (Å²) in [4.78, 5) is 112. The van der Waals surface area contributed by atoms with E-state index in [4.69, 9.17) is 48.5 Å². The van der Waals surface area contributed by atoms with Gasteiger partial charge >= 0.3 is 53.8 Å². The summed E-state index contributed by atoms with van der Waals surface area (Å²) in [5.41, 5.74) is 7.51. The van der Waals surface area contributed by atoms with E-state index in [9.17, 15) is 98.8 Å². The van der Waals surface area contributed by atoms with Gasteiger partial charge in [0.25, 0.3) is 62.4 Å². The molecule has 2 heterocycles. The summed E-state index contributed by atoms with van der Waals surface area (Å²) in [6, 6.07) is -2.84. The van der Waals surface area contributed by atoms with Crippen LogP contribution in [0.1, 0.15) is 244 Å². The Bertz CT molecular complexity index is 3670. The second-order valence-corrected chi connectivity index (χ2v) is 44.6. The standard InChI is InChI=1S/C19H36NO8S2.C16H31NO4.C14H22N2O6.C14H29NO7S2.C5H13NO.C3H6O5S2.Na.H2O/c1-14(2)16(20-17(22)28-18(3,4)5)15(21)9-10-19(6,7)13-27-30(25,26)12-8-11-29(23)24;1-11(2)13(17-14(20)21-15(3,4)5)12(19)8-9-16(6,7)10-18;1-8(2)11(15-13(20)21-14(3,4)5)12(19)22-16-9(17)6-7-10(16)18;1-11(2)13(15)12(16)6-7-14(3,4)10-22-24(20,21)9-5-8-23(17,18)19;1-5(2,3-6)4-7;4-9(5)2-1-3-10(6,7)8-9;;/h14,16H,8-13H2,1-7H3,(H,20,22);11,13,18H,8-10H2,1-7H3,(H,17,20);8,11H,6-7H2,1-5H3,(H,15,20);11,13H,5-10,15H2,1-4H3,(H,17,18,19);7H,3-4,6H2,1-2H3;1-3H2;;1H2/q-1;;;;;;+1;/p+1/t16-;13-;11-;13-;;;;/m0000..../s1. The van der Waals surface area contributed by atoms with Crippen LogP contribution in [0.4, 0.5) is 14.4 Å². The van der Waals surface area contributed by atoms with Gasteiger partial charge in [0.2, 0.25) is 0 Å². The zero-order valence-corrected chi connectivity index (χ0v) is 80.0. The van der Waals surface area contributed by atoms with Gasteiger partial charge < -0.3 is 70.6 Å². The van der Waals surface area contributed by atoms with E-state index < -0.39 is 161 Å². The van der Waals surface area contributed by atoms with Crippen LogP contribution in [0.3, 0.4) is 0 Å². The number of Topliss-reactive ketones (excluding diaryl/α,β-unsaturated/α-hetero) is 3. The zero-order chi connectivity index (χ0) is 90.6. The van der Waals surface area contributed by atoms with Crippen molar-refractivity contribution < 1.29 is 175 Å². The van der Waals surface area contributed by atoms with E-state index in [-0.39, 0.29) is 181 Å². The summed E-state index contributed by atoms with van der Waals surface area (Å²) in [6.45, 7) is 45.4. The van der Waals surface area contributed by atoms with Crippen LogP contribution >= 0.6 is 0 Å². The fourth-order valence-corrected chi connectivity index (χ4v) is 14.9. The predicted molar refractivity (Wildman–Crippen MR) is 432 cm³/mol. The van der Waals surface area contributed by atoms with E-state index in [1.165, 1.54) is 0 Å². The second kappa shape index (κ2) is 54.3. The molecule has 116 heavy (non-hydrogen) atoms. The van der Waals surface area contributed by atoms with Crippen molar-refractivity contribution in [2.75, 3.05) is 67.5 Å². The van der Waals surface area contributed by atoms with Gasteiger partial charge in [0.05, 0.1) is 60.1 Å². The number of hydroxylamine groups is 2. The number of carbonyl (C=O) groups excluding carboxylic acids is 9. The number of nitrogens with two attached hydrogens (primary N) is 2. The monoisotopic (exact) mass is 1800 g/mol. The van der Waals surface area contributed by atoms with Crippen molar-refractivity contribution in [3.8, 4) is 0 Å². The van der Waals surface area contributed by atoms with Crippen molar-refractivity contribution in [3.63, 3.8) is 0 Å². The van der Waals surface area contributed by atoms with E-state index in [2.05, 4.69) is 19.6 Å². The maximum atomic E-state index is 12.7. The van der Waals surface area contributed by atoms with Crippen LogP contribution in [0.5, 0.6) is 0 Å². The fourth-order valence-electron chi connectivity index (χ4n) is 8.39. The number of amides is 5. The maximum absolute atomic E-state index is 12.7. The molecular weight excluding hydrogens is 1660 g/mol. The molecule has 682 valence electrons. The number of alkyl carbamates (subject to hydrolysis) is 3. The number of nitrogens with one attached hydrogen (secondary N) is 3. The molecule has 2 saturated heterocycles. The van der Waals surface area contributed by atoms with Gasteiger partial charge in [-0.2, -0.15) is 42.1 Å². The number of aliphatic hydroxyl groups excluding tert-OH is 2. The van der Waals surface area contributed by atoms with Crippen LogP contribution < -0.4 is 57.0 Å². The van der Waals surface area contributed by atoms with E-state index in [0.29, 0.717) is 37.3 Å². The molecule has 38 nitrogen and oxygen atoms in total. The van der Waals surface area contributed by atoms with Gasteiger partial charge in [-0.25, -0.2) is 19.2 Å². The second-order valence-electron chi connectivity index (χ2n) is 34.9. The largest absolute Gasteiger partial charge is 1.00 e. The molecule has 2 aliphatic heterocycles. The van der Waals surface area contributed by atoms with Gasteiger partial charge in [0.15, 0.2) is 11.6 Å². The Hall–Kier alpha value is -4.23. The number of ketones is 3. The van der Waals surface area contributed by atoms with E-state index in [1.807, 2.05) is 69.2 Å². The molecule has 5 amide bonds. The number of imide groups is 1. The van der Waals surface area contributed by atoms with Gasteiger partial charge in [-0.3, -0.25) is 36.9 Å². The molecule has 0 aromatic rings. The van der Waals surface area contributed by atoms with Crippen molar-refractivity contribution in [1.29, 1.82) is 0 Å². The molecule has 2 fully saturated rings. The first-order chi connectivity index (χ1) is 51.0. The summed E-state index contributed by atoms with van der Waals surface area (Å²) in [6.07, 6.45) is -0.0947. The van der Waals surface area contributed by atoms with Crippen molar-refractivity contribution >= 4 is 115 Å². The Morgan fingerprint density at radius 2 is 0.836 bits per heavy atom. The normalized spacial score (nSPS) is 15.7. The first kappa shape index (κ1) is 123. The third kappa shape index (κ3) is 64.6. The van der Waals surface area contributed by atoms with Crippen LogP contribution in [0.25, 0.3) is 0 Å². The molecule has 0 aromatic carbocycles. The molecule has 0 bridgehead atoms. The number of aliphatic hydroxyl groups is 2. The van der Waals surface area contributed by atoms with Crippen LogP contribution in [0.15, 0.2) is 0 Å². The molecule has 0 radical (unpaired) electrons. The van der Waals surface area contributed by atoms with Crippen LogP contribution in [-0.2, 0) is 135 Å². The Labute approximate surface area is 714 Å². The SMILES string of the molecule is CC(C)(CN)CO.CC(C)[C@H](N)C(=O)CCC(C)(C)COS(=O)(=O)CCCS(=O)(=O)O.CC(C)[C@H](NC(=O)OC(C)(C)C)C(=O)CCC(C)(C)CO.CC(C)[C@H](NC(=O)OC(C)(C)C)C(=O)CCC(C)(C)COS(=O)(=O)CCC[S-](=O)=O.CC(C)[C@H](NC(=O)OC(C)(C)C)C(=O)ON1C(=O)CCC1=O.O=S1(=O)CCCS(=O)(=O)O1.[Na+].[OH3+]. The molecule has 0 aliphatic carbocycles. The number of rotatable bonds is 38. The molecule has 4 atom stereocenters. The van der Waals surface area contributed by atoms with Crippen LogP contribution in [0.2, 0.25) is 0 Å².